The normalized spacial score (nSPS) is 12.7. The van der Waals surface area contributed by atoms with Crippen molar-refractivity contribution in [2.75, 3.05) is 16.8 Å². The van der Waals surface area contributed by atoms with Crippen LogP contribution in [-0.2, 0) is 12.8 Å². The number of fused-ring (bicyclic) bond motifs is 1. The highest BCUT2D eigenvalue weighted by molar-refractivity contribution is 6.07. The lowest BCUT2D eigenvalue weighted by molar-refractivity contribution is 0.0988. The molecule has 2 heterocycles. The number of anilines is 3. The molecule has 1 aliphatic heterocycles. The van der Waals surface area contributed by atoms with Gasteiger partial charge in [-0.1, -0.05) is 43.3 Å². The van der Waals surface area contributed by atoms with Crippen molar-refractivity contribution in [1.82, 2.24) is 9.97 Å². The second-order valence-corrected chi connectivity index (χ2v) is 6.72. The Labute approximate surface area is 159 Å². The largest absolute Gasteiger partial charge is 0.324 e. The summed E-state index contributed by atoms with van der Waals surface area (Å²) >= 11 is 0. The van der Waals surface area contributed by atoms with Gasteiger partial charge in [-0.2, -0.15) is 0 Å². The zero-order chi connectivity index (χ0) is 18.8. The van der Waals surface area contributed by atoms with Gasteiger partial charge in [-0.05, 0) is 42.5 Å². The van der Waals surface area contributed by atoms with E-state index in [9.17, 15) is 4.79 Å². The van der Waals surface area contributed by atoms with E-state index in [1.807, 2.05) is 18.2 Å². The Kier molecular flexibility index (Phi) is 4.59. The van der Waals surface area contributed by atoms with E-state index in [-0.39, 0.29) is 5.91 Å². The molecule has 2 aromatic carbocycles. The standard InChI is InChI=1S/C22H22N4O/c1-3-16-9-6-7-15(2)20(16)25-22-23-13-18(14-24-22)21(27)26-12-11-17-8-4-5-10-19(17)26/h4-10,13-14H,3,11-12H2,1-2H3,(H,23,24,25). The molecular weight excluding hydrogens is 336 g/mol. The first-order valence-corrected chi connectivity index (χ1v) is 9.24. The fourth-order valence-electron chi connectivity index (χ4n) is 3.52. The van der Waals surface area contributed by atoms with Crippen LogP contribution in [0.2, 0.25) is 0 Å². The highest BCUT2D eigenvalue weighted by Gasteiger charge is 2.25. The summed E-state index contributed by atoms with van der Waals surface area (Å²) in [5, 5.41) is 3.30. The topological polar surface area (TPSA) is 58.1 Å². The predicted octanol–water partition coefficient (Wildman–Crippen LogP) is 4.29. The molecule has 1 aliphatic rings. The quantitative estimate of drug-likeness (QED) is 0.756. The second kappa shape index (κ2) is 7.19. The van der Waals surface area contributed by atoms with Crippen molar-refractivity contribution in [1.29, 1.82) is 0 Å². The first kappa shape index (κ1) is 17.2. The Morgan fingerprint density at radius 2 is 1.89 bits per heavy atom. The first-order chi connectivity index (χ1) is 13.2. The van der Waals surface area contributed by atoms with Crippen LogP contribution in [-0.4, -0.2) is 22.4 Å². The lowest BCUT2D eigenvalue weighted by atomic mass is 10.1. The predicted molar refractivity (Wildman–Crippen MR) is 108 cm³/mol. The highest BCUT2D eigenvalue weighted by atomic mass is 16.2. The van der Waals surface area contributed by atoms with Crippen LogP contribution in [0, 0.1) is 6.92 Å². The second-order valence-electron chi connectivity index (χ2n) is 6.72. The molecule has 0 unspecified atom stereocenters. The molecule has 1 N–H and O–H groups in total. The van der Waals surface area contributed by atoms with Crippen LogP contribution in [0.4, 0.5) is 17.3 Å². The summed E-state index contributed by atoms with van der Waals surface area (Å²) in [6, 6.07) is 14.2. The number of hydrogen-bond acceptors (Lipinski definition) is 4. The summed E-state index contributed by atoms with van der Waals surface area (Å²) in [6.45, 7) is 4.88. The van der Waals surface area contributed by atoms with Crippen molar-refractivity contribution >= 4 is 23.2 Å². The van der Waals surface area contributed by atoms with Crippen LogP contribution >= 0.6 is 0 Å². The molecule has 0 saturated heterocycles. The molecule has 1 amide bonds. The van der Waals surface area contributed by atoms with Crippen molar-refractivity contribution in [2.24, 2.45) is 0 Å². The summed E-state index contributed by atoms with van der Waals surface area (Å²) < 4.78 is 0. The molecule has 3 aromatic rings. The van der Waals surface area contributed by atoms with Gasteiger partial charge in [0, 0.05) is 30.3 Å². The summed E-state index contributed by atoms with van der Waals surface area (Å²) in [5.74, 6) is 0.439. The fourth-order valence-corrected chi connectivity index (χ4v) is 3.52. The maximum atomic E-state index is 12.9. The smallest absolute Gasteiger partial charge is 0.261 e. The maximum absolute atomic E-state index is 12.9. The minimum Gasteiger partial charge on any atom is -0.324 e. The number of aromatic nitrogens is 2. The van der Waals surface area contributed by atoms with E-state index in [2.05, 4.69) is 53.4 Å². The Bertz CT molecular complexity index is 982. The number of aryl methyl sites for hydroxylation is 2. The Balaban J connectivity index is 1.54. The van der Waals surface area contributed by atoms with Gasteiger partial charge in [-0.25, -0.2) is 9.97 Å². The van der Waals surface area contributed by atoms with E-state index in [4.69, 9.17) is 0 Å². The van der Waals surface area contributed by atoms with Crippen molar-refractivity contribution < 1.29 is 4.79 Å². The molecule has 0 radical (unpaired) electrons. The third-order valence-corrected chi connectivity index (χ3v) is 5.01. The number of amides is 1. The number of para-hydroxylation sites is 2. The molecule has 27 heavy (non-hydrogen) atoms. The molecule has 1 aromatic heterocycles. The zero-order valence-corrected chi connectivity index (χ0v) is 15.6. The summed E-state index contributed by atoms with van der Waals surface area (Å²) in [6.07, 6.45) is 5.01. The molecule has 0 fully saturated rings. The van der Waals surface area contributed by atoms with Crippen LogP contribution in [0.15, 0.2) is 54.9 Å². The number of carbonyl (C=O) groups is 1. The van der Waals surface area contributed by atoms with E-state index in [1.54, 1.807) is 17.3 Å². The minimum absolute atomic E-state index is 0.0587. The van der Waals surface area contributed by atoms with Crippen LogP contribution in [0.3, 0.4) is 0 Å². The third-order valence-electron chi connectivity index (χ3n) is 5.01. The van der Waals surface area contributed by atoms with E-state index >= 15 is 0 Å². The van der Waals surface area contributed by atoms with Gasteiger partial charge < -0.3 is 10.2 Å². The number of rotatable bonds is 4. The van der Waals surface area contributed by atoms with E-state index in [0.717, 1.165) is 29.8 Å². The SMILES string of the molecule is CCc1cccc(C)c1Nc1ncc(C(=O)N2CCc3ccccc32)cn1. The molecular formula is C22H22N4O. The average Bonchev–Trinajstić information content (AvgIpc) is 3.13. The molecule has 0 aliphatic carbocycles. The molecule has 0 saturated carbocycles. The molecule has 4 rings (SSSR count). The number of hydrogen-bond donors (Lipinski definition) is 1. The average molecular weight is 358 g/mol. The van der Waals surface area contributed by atoms with Crippen LogP contribution in [0.1, 0.15) is 34.0 Å². The van der Waals surface area contributed by atoms with Gasteiger partial charge in [0.2, 0.25) is 5.95 Å². The van der Waals surface area contributed by atoms with Crippen molar-refractivity contribution in [3.8, 4) is 0 Å². The molecule has 136 valence electrons. The van der Waals surface area contributed by atoms with E-state index < -0.39 is 0 Å². The fraction of sp³-hybridized carbons (Fsp3) is 0.227. The lowest BCUT2D eigenvalue weighted by Gasteiger charge is -2.17. The van der Waals surface area contributed by atoms with Crippen molar-refractivity contribution in [3.63, 3.8) is 0 Å². The van der Waals surface area contributed by atoms with Gasteiger partial charge >= 0.3 is 0 Å². The van der Waals surface area contributed by atoms with Gasteiger partial charge in [0.1, 0.15) is 0 Å². The molecule has 0 spiro atoms. The number of benzene rings is 2. The van der Waals surface area contributed by atoms with Crippen molar-refractivity contribution in [3.05, 3.63) is 77.1 Å². The third kappa shape index (κ3) is 3.28. The Morgan fingerprint density at radius 1 is 1.11 bits per heavy atom. The van der Waals surface area contributed by atoms with Gasteiger partial charge in [0.05, 0.1) is 5.56 Å². The summed E-state index contributed by atoms with van der Waals surface area (Å²) in [7, 11) is 0. The number of nitrogens with one attached hydrogen (secondary N) is 1. The van der Waals surface area contributed by atoms with Crippen molar-refractivity contribution in [2.45, 2.75) is 26.7 Å². The van der Waals surface area contributed by atoms with Crippen LogP contribution in [0.5, 0.6) is 0 Å². The Hall–Kier alpha value is -3.21. The van der Waals surface area contributed by atoms with Gasteiger partial charge in [-0.3, -0.25) is 4.79 Å². The van der Waals surface area contributed by atoms with E-state index in [1.165, 1.54) is 11.1 Å². The van der Waals surface area contributed by atoms with Crippen LogP contribution in [0.25, 0.3) is 0 Å². The van der Waals surface area contributed by atoms with E-state index in [0.29, 0.717) is 18.1 Å². The number of carbonyl (C=O) groups excluding carboxylic acids is 1. The minimum atomic E-state index is -0.0587. The van der Waals surface area contributed by atoms with Gasteiger partial charge in [-0.15, -0.1) is 0 Å². The maximum Gasteiger partial charge on any atom is 0.261 e. The number of nitrogens with zero attached hydrogens (tertiary/aromatic N) is 3. The molecule has 5 nitrogen and oxygen atoms in total. The summed E-state index contributed by atoms with van der Waals surface area (Å²) in [4.78, 5) is 23.4. The van der Waals surface area contributed by atoms with Gasteiger partial charge in [0.15, 0.2) is 0 Å². The molecule has 0 atom stereocenters. The first-order valence-electron chi connectivity index (χ1n) is 9.24. The monoisotopic (exact) mass is 358 g/mol. The molecule has 0 bridgehead atoms. The highest BCUT2D eigenvalue weighted by Crippen LogP contribution is 2.29. The van der Waals surface area contributed by atoms with Gasteiger partial charge in [0.25, 0.3) is 5.91 Å². The molecule has 5 heteroatoms. The summed E-state index contributed by atoms with van der Waals surface area (Å²) in [5.41, 5.74) is 6.08. The zero-order valence-electron chi connectivity index (χ0n) is 15.6. The lowest BCUT2D eigenvalue weighted by Crippen LogP contribution is -2.29. The Morgan fingerprint density at radius 3 is 2.67 bits per heavy atom. The van der Waals surface area contributed by atoms with Crippen LogP contribution < -0.4 is 10.2 Å².